The number of halogens is 1. The van der Waals surface area contributed by atoms with Crippen LogP contribution in [0.3, 0.4) is 0 Å². The van der Waals surface area contributed by atoms with Crippen molar-refractivity contribution in [2.75, 3.05) is 0 Å². The first kappa shape index (κ1) is 16.1. The summed E-state index contributed by atoms with van der Waals surface area (Å²) in [5, 5.41) is 6.97. The van der Waals surface area contributed by atoms with Gasteiger partial charge in [-0.25, -0.2) is 9.40 Å². The summed E-state index contributed by atoms with van der Waals surface area (Å²) >= 11 is 0. The molecule has 3 aromatic rings. The van der Waals surface area contributed by atoms with Crippen molar-refractivity contribution in [3.63, 3.8) is 0 Å². The van der Waals surface area contributed by atoms with Crippen LogP contribution >= 0.6 is 0 Å². The summed E-state index contributed by atoms with van der Waals surface area (Å²) in [7, 11) is 0. The van der Waals surface area contributed by atoms with E-state index in [9.17, 15) is 4.39 Å². The van der Waals surface area contributed by atoms with E-state index >= 15 is 0 Å². The Bertz CT molecular complexity index is 1030. The van der Waals surface area contributed by atoms with Gasteiger partial charge in [0.25, 0.3) is 0 Å². The topological polar surface area (TPSA) is 24.8 Å². The number of rotatable bonds is 2. The molecule has 0 unspecified atom stereocenters. The number of hydrogen-bond acceptors (Lipinski definition) is 3. The highest BCUT2D eigenvalue weighted by molar-refractivity contribution is 6.01. The zero-order valence-corrected chi connectivity index (χ0v) is 15.0. The Morgan fingerprint density at radius 2 is 1.63 bits per heavy atom. The van der Waals surface area contributed by atoms with Crippen molar-refractivity contribution in [1.82, 2.24) is 5.01 Å². The van der Waals surface area contributed by atoms with Crippen LogP contribution in [0.5, 0.6) is 5.75 Å². The van der Waals surface area contributed by atoms with E-state index in [-0.39, 0.29) is 18.1 Å². The summed E-state index contributed by atoms with van der Waals surface area (Å²) < 4.78 is 19.7. The van der Waals surface area contributed by atoms with Crippen LogP contribution in [0.2, 0.25) is 0 Å². The van der Waals surface area contributed by atoms with Gasteiger partial charge in [0.1, 0.15) is 11.6 Å². The summed E-state index contributed by atoms with van der Waals surface area (Å²) in [6.07, 6.45) is 0.498. The van der Waals surface area contributed by atoms with E-state index in [0.717, 1.165) is 34.6 Å². The fourth-order valence-electron chi connectivity index (χ4n) is 3.92. The number of nitrogens with zero attached hydrogens (tertiary/aromatic N) is 2. The molecule has 0 saturated carbocycles. The summed E-state index contributed by atoms with van der Waals surface area (Å²) in [6, 6.07) is 23.1. The third-order valence-electron chi connectivity index (χ3n) is 5.33. The van der Waals surface area contributed by atoms with Crippen molar-refractivity contribution < 1.29 is 9.13 Å². The molecule has 0 N–H and O–H groups in total. The largest absolute Gasteiger partial charge is 0.464 e. The smallest absolute Gasteiger partial charge is 0.214 e. The van der Waals surface area contributed by atoms with Crippen LogP contribution in [0.15, 0.2) is 77.9 Å². The van der Waals surface area contributed by atoms with Crippen molar-refractivity contribution in [1.29, 1.82) is 0 Å². The van der Waals surface area contributed by atoms with E-state index in [2.05, 4.69) is 30.1 Å². The third kappa shape index (κ3) is 2.69. The normalized spacial score (nSPS) is 20.5. The Labute approximate surface area is 157 Å². The third-order valence-corrected chi connectivity index (χ3v) is 5.33. The Hall–Kier alpha value is -3.14. The van der Waals surface area contributed by atoms with Crippen LogP contribution in [0.4, 0.5) is 4.39 Å². The second-order valence-electron chi connectivity index (χ2n) is 7.02. The zero-order valence-electron chi connectivity index (χ0n) is 15.0. The number of hydrogen-bond donors (Lipinski definition) is 0. The van der Waals surface area contributed by atoms with E-state index in [4.69, 9.17) is 9.84 Å². The molecule has 2 aliphatic heterocycles. The number of benzene rings is 3. The molecule has 27 heavy (non-hydrogen) atoms. The zero-order chi connectivity index (χ0) is 18.4. The lowest BCUT2D eigenvalue weighted by atomic mass is 9.95. The van der Waals surface area contributed by atoms with Gasteiger partial charge in [-0.2, -0.15) is 5.10 Å². The molecule has 2 aliphatic rings. The summed E-state index contributed by atoms with van der Waals surface area (Å²) in [6.45, 7) is 2.09. The van der Waals surface area contributed by atoms with E-state index in [1.54, 1.807) is 12.1 Å². The van der Waals surface area contributed by atoms with Gasteiger partial charge in [-0.15, -0.1) is 0 Å². The Balaban J connectivity index is 1.61. The quantitative estimate of drug-likeness (QED) is 0.615. The average molecular weight is 358 g/mol. The molecule has 0 spiro atoms. The van der Waals surface area contributed by atoms with Crippen molar-refractivity contribution in [3.8, 4) is 5.75 Å². The van der Waals surface area contributed by atoms with Crippen molar-refractivity contribution in [2.45, 2.75) is 25.6 Å². The minimum Gasteiger partial charge on any atom is -0.464 e. The lowest BCUT2D eigenvalue weighted by Gasteiger charge is -2.38. The first-order chi connectivity index (χ1) is 13.2. The predicted molar refractivity (Wildman–Crippen MR) is 103 cm³/mol. The van der Waals surface area contributed by atoms with E-state index in [1.165, 1.54) is 17.7 Å². The van der Waals surface area contributed by atoms with Crippen molar-refractivity contribution >= 4 is 5.71 Å². The molecule has 0 saturated heterocycles. The molecule has 4 heteroatoms. The van der Waals surface area contributed by atoms with Crippen molar-refractivity contribution in [3.05, 3.63) is 101 Å². The van der Waals surface area contributed by atoms with Gasteiger partial charge in [-0.3, -0.25) is 0 Å². The molecule has 0 aliphatic carbocycles. The van der Waals surface area contributed by atoms with Crippen LogP contribution in [0, 0.1) is 12.7 Å². The Kier molecular flexibility index (Phi) is 3.71. The van der Waals surface area contributed by atoms with Crippen LogP contribution in [0.1, 0.15) is 40.9 Å². The molecule has 134 valence electrons. The monoisotopic (exact) mass is 358 g/mol. The fraction of sp³-hybridized carbons (Fsp3) is 0.174. The van der Waals surface area contributed by atoms with Gasteiger partial charge in [0.15, 0.2) is 0 Å². The molecule has 0 radical (unpaired) electrons. The van der Waals surface area contributed by atoms with Gasteiger partial charge in [0.2, 0.25) is 6.23 Å². The predicted octanol–water partition coefficient (Wildman–Crippen LogP) is 5.38. The second kappa shape index (κ2) is 6.23. The standard InChI is InChI=1S/C23H19FN2O/c1-15-6-2-3-7-18(15)23-26-21(19-8-4-5-9-22(19)27-23)14-20(25-26)16-10-12-17(24)13-11-16/h2-13,21,23H,14H2,1H3/t21-,23-/m1/s1. The lowest BCUT2D eigenvalue weighted by molar-refractivity contribution is -0.0194. The highest BCUT2D eigenvalue weighted by Gasteiger charge is 2.41. The van der Waals surface area contributed by atoms with Gasteiger partial charge in [0.05, 0.1) is 11.8 Å². The van der Waals surface area contributed by atoms with Crippen LogP contribution < -0.4 is 4.74 Å². The van der Waals surface area contributed by atoms with Crippen LogP contribution in [-0.2, 0) is 0 Å². The first-order valence-corrected chi connectivity index (χ1v) is 9.13. The van der Waals surface area contributed by atoms with Gasteiger partial charge in [0, 0.05) is 17.5 Å². The van der Waals surface area contributed by atoms with Gasteiger partial charge < -0.3 is 4.74 Å². The maximum atomic E-state index is 13.3. The van der Waals surface area contributed by atoms with Crippen LogP contribution in [0.25, 0.3) is 0 Å². The maximum absolute atomic E-state index is 13.3. The SMILES string of the molecule is Cc1ccccc1[C@H]1Oc2ccccc2[C@H]2CC(c3ccc(F)cc3)=NN21. The lowest BCUT2D eigenvalue weighted by Crippen LogP contribution is -2.34. The van der Waals surface area contributed by atoms with Crippen LogP contribution in [-0.4, -0.2) is 10.7 Å². The van der Waals surface area contributed by atoms with E-state index in [0.29, 0.717) is 0 Å². The summed E-state index contributed by atoms with van der Waals surface area (Å²) in [4.78, 5) is 0. The highest BCUT2D eigenvalue weighted by atomic mass is 19.1. The van der Waals surface area contributed by atoms with Crippen molar-refractivity contribution in [2.24, 2.45) is 5.10 Å². The first-order valence-electron chi connectivity index (χ1n) is 9.13. The van der Waals surface area contributed by atoms with Gasteiger partial charge >= 0.3 is 0 Å². The maximum Gasteiger partial charge on any atom is 0.214 e. The molecule has 0 fully saturated rings. The summed E-state index contributed by atoms with van der Waals surface area (Å²) in [5.41, 5.74) is 5.33. The number of para-hydroxylation sites is 1. The second-order valence-corrected chi connectivity index (χ2v) is 7.02. The molecule has 2 atom stereocenters. The summed E-state index contributed by atoms with van der Waals surface area (Å²) in [5.74, 6) is 0.670. The average Bonchev–Trinajstić information content (AvgIpc) is 3.14. The van der Waals surface area contributed by atoms with Gasteiger partial charge in [-0.1, -0.05) is 54.6 Å². The molecular formula is C23H19FN2O. The molecule has 3 nitrogen and oxygen atoms in total. The fourth-order valence-corrected chi connectivity index (χ4v) is 3.92. The Morgan fingerprint density at radius 3 is 2.41 bits per heavy atom. The van der Waals surface area contributed by atoms with E-state index < -0.39 is 0 Å². The number of aryl methyl sites for hydroxylation is 1. The minimum atomic E-state index is -0.274. The molecule has 0 bridgehead atoms. The molecule has 2 heterocycles. The molecule has 0 aromatic heterocycles. The molecule has 3 aromatic carbocycles. The number of fused-ring (bicyclic) bond motifs is 3. The molecule has 0 amide bonds. The highest BCUT2D eigenvalue weighted by Crippen LogP contribution is 2.47. The number of ether oxygens (including phenoxy) is 1. The Morgan fingerprint density at radius 1 is 0.926 bits per heavy atom. The van der Waals surface area contributed by atoms with E-state index in [1.807, 2.05) is 30.3 Å². The van der Waals surface area contributed by atoms with Gasteiger partial charge in [-0.05, 0) is 36.2 Å². The molecule has 5 rings (SSSR count). The minimum absolute atomic E-state index is 0.111. The molecular weight excluding hydrogens is 339 g/mol. The number of hydrazone groups is 1.